The molecule has 0 saturated heterocycles. The molecule has 0 amide bonds. The minimum Gasteiger partial charge on any atom is -0.481 e. The molecule has 1 heterocycles. The molecule has 8 nitrogen and oxygen atoms in total. The van der Waals surface area contributed by atoms with Gasteiger partial charge in [-0.3, -0.25) is 9.48 Å². The molecule has 0 radical (unpaired) electrons. The van der Waals surface area contributed by atoms with Crippen molar-refractivity contribution >= 4 is 16.2 Å². The van der Waals surface area contributed by atoms with Crippen molar-refractivity contribution in [3.63, 3.8) is 0 Å². The van der Waals surface area contributed by atoms with E-state index in [2.05, 4.69) is 9.82 Å². The van der Waals surface area contributed by atoms with Crippen molar-refractivity contribution in [2.75, 3.05) is 20.1 Å². The van der Waals surface area contributed by atoms with Crippen LogP contribution in [0.3, 0.4) is 0 Å². The molecule has 0 bridgehead atoms. The maximum Gasteiger partial charge on any atom is 0.304 e. The second-order valence-electron chi connectivity index (χ2n) is 4.14. The summed E-state index contributed by atoms with van der Waals surface area (Å²) in [6.07, 6.45) is 3.78. The molecular formula is C10H18N4O4S. The smallest absolute Gasteiger partial charge is 0.304 e. The fourth-order valence-corrected chi connectivity index (χ4v) is 2.32. The quantitative estimate of drug-likeness (QED) is 0.652. The van der Waals surface area contributed by atoms with Crippen LogP contribution in [-0.2, 0) is 28.5 Å². The molecule has 0 atom stereocenters. The number of rotatable bonds is 8. The van der Waals surface area contributed by atoms with Gasteiger partial charge in [-0.1, -0.05) is 0 Å². The predicted octanol–water partition coefficient (Wildman–Crippen LogP) is -0.796. The zero-order valence-electron chi connectivity index (χ0n) is 10.9. The number of nitrogens with one attached hydrogen (secondary N) is 1. The lowest BCUT2D eigenvalue weighted by Crippen LogP contribution is -2.40. The Balaban J connectivity index is 2.39. The van der Waals surface area contributed by atoms with Crippen LogP contribution in [0.1, 0.15) is 12.0 Å². The van der Waals surface area contributed by atoms with Crippen LogP contribution in [0.5, 0.6) is 0 Å². The number of aryl methyl sites for hydroxylation is 1. The molecule has 19 heavy (non-hydrogen) atoms. The maximum atomic E-state index is 11.7. The Bertz CT molecular complexity index is 525. The molecule has 1 aromatic rings. The first-order chi connectivity index (χ1) is 8.81. The van der Waals surface area contributed by atoms with Crippen molar-refractivity contribution in [3.8, 4) is 0 Å². The van der Waals surface area contributed by atoms with Crippen LogP contribution in [-0.4, -0.2) is 53.7 Å². The number of hydrogen-bond acceptors (Lipinski definition) is 4. The van der Waals surface area contributed by atoms with Gasteiger partial charge in [-0.15, -0.1) is 0 Å². The van der Waals surface area contributed by atoms with Crippen LogP contribution in [0, 0.1) is 0 Å². The Morgan fingerprint density at radius 1 is 1.58 bits per heavy atom. The average molecular weight is 290 g/mol. The third-order valence-corrected chi connectivity index (χ3v) is 4.08. The Labute approximate surface area is 112 Å². The third-order valence-electron chi connectivity index (χ3n) is 2.51. The highest BCUT2D eigenvalue weighted by atomic mass is 32.2. The van der Waals surface area contributed by atoms with E-state index in [1.54, 1.807) is 17.9 Å². The van der Waals surface area contributed by atoms with E-state index in [1.165, 1.54) is 7.05 Å². The summed E-state index contributed by atoms with van der Waals surface area (Å²) in [5, 5.41) is 12.5. The van der Waals surface area contributed by atoms with Gasteiger partial charge in [0.25, 0.3) is 10.2 Å². The van der Waals surface area contributed by atoms with Crippen molar-refractivity contribution in [1.29, 1.82) is 0 Å². The molecule has 2 N–H and O–H groups in total. The number of carbonyl (C=O) groups is 1. The largest absolute Gasteiger partial charge is 0.481 e. The summed E-state index contributed by atoms with van der Waals surface area (Å²) < 4.78 is 28.5. The summed E-state index contributed by atoms with van der Waals surface area (Å²) >= 11 is 0. The van der Waals surface area contributed by atoms with E-state index in [-0.39, 0.29) is 19.5 Å². The molecule has 1 rings (SSSR count). The van der Waals surface area contributed by atoms with Crippen molar-refractivity contribution in [1.82, 2.24) is 18.8 Å². The molecule has 0 saturated carbocycles. The fraction of sp³-hybridized carbons (Fsp3) is 0.600. The number of nitrogens with zero attached hydrogens (tertiary/aromatic N) is 3. The van der Waals surface area contributed by atoms with E-state index in [0.717, 1.165) is 9.87 Å². The van der Waals surface area contributed by atoms with E-state index in [0.29, 0.717) is 6.42 Å². The first-order valence-electron chi connectivity index (χ1n) is 5.71. The lowest BCUT2D eigenvalue weighted by Gasteiger charge is -2.16. The van der Waals surface area contributed by atoms with Crippen molar-refractivity contribution in [2.24, 2.45) is 7.05 Å². The average Bonchev–Trinajstić information content (AvgIpc) is 2.71. The second kappa shape index (κ2) is 6.64. The predicted molar refractivity (Wildman–Crippen MR) is 68.7 cm³/mol. The summed E-state index contributed by atoms with van der Waals surface area (Å²) in [5.74, 6) is -1.03. The summed E-state index contributed by atoms with van der Waals surface area (Å²) in [6, 6.07) is 0. The van der Waals surface area contributed by atoms with E-state index in [1.807, 2.05) is 6.20 Å². The van der Waals surface area contributed by atoms with Crippen molar-refractivity contribution in [2.45, 2.75) is 12.8 Å². The lowest BCUT2D eigenvalue weighted by molar-refractivity contribution is -0.137. The summed E-state index contributed by atoms with van der Waals surface area (Å²) in [7, 11) is -0.499. The zero-order valence-corrected chi connectivity index (χ0v) is 11.7. The van der Waals surface area contributed by atoms with Crippen molar-refractivity contribution < 1.29 is 18.3 Å². The van der Waals surface area contributed by atoms with E-state index < -0.39 is 16.2 Å². The molecule has 0 spiro atoms. The first-order valence-corrected chi connectivity index (χ1v) is 7.15. The molecule has 0 aliphatic rings. The van der Waals surface area contributed by atoms with Gasteiger partial charge in [0, 0.05) is 33.4 Å². The van der Waals surface area contributed by atoms with Gasteiger partial charge in [0.1, 0.15) is 0 Å². The van der Waals surface area contributed by atoms with Gasteiger partial charge in [0.15, 0.2) is 0 Å². The zero-order chi connectivity index (χ0) is 14.5. The van der Waals surface area contributed by atoms with E-state index >= 15 is 0 Å². The van der Waals surface area contributed by atoms with Gasteiger partial charge in [0.05, 0.1) is 12.6 Å². The molecule has 0 aromatic carbocycles. The van der Waals surface area contributed by atoms with Crippen LogP contribution < -0.4 is 4.72 Å². The Morgan fingerprint density at radius 2 is 2.26 bits per heavy atom. The van der Waals surface area contributed by atoms with Crippen LogP contribution in [0.15, 0.2) is 12.4 Å². The van der Waals surface area contributed by atoms with Gasteiger partial charge in [-0.05, 0) is 12.0 Å². The minimum atomic E-state index is -3.63. The third kappa shape index (κ3) is 5.37. The Morgan fingerprint density at radius 3 is 2.79 bits per heavy atom. The maximum absolute atomic E-state index is 11.7. The molecule has 9 heteroatoms. The van der Waals surface area contributed by atoms with Gasteiger partial charge in [-0.2, -0.15) is 17.8 Å². The molecule has 0 aliphatic heterocycles. The van der Waals surface area contributed by atoms with Crippen LogP contribution >= 0.6 is 0 Å². The van der Waals surface area contributed by atoms with Crippen molar-refractivity contribution in [3.05, 3.63) is 18.0 Å². The molecule has 0 aliphatic carbocycles. The van der Waals surface area contributed by atoms with Gasteiger partial charge >= 0.3 is 5.97 Å². The molecule has 108 valence electrons. The molecule has 0 fully saturated rings. The highest BCUT2D eigenvalue weighted by Crippen LogP contribution is 1.99. The monoisotopic (exact) mass is 290 g/mol. The topological polar surface area (TPSA) is 105 Å². The first kappa shape index (κ1) is 15.6. The standard InChI is InChI=1S/C10H18N4O4S/c1-13-8-9(7-11-13)3-5-12-19(17,18)14(2)6-4-10(15)16/h7-8,12H,3-6H2,1-2H3,(H,15,16). The number of carboxylic acid groups (broad SMARTS) is 1. The van der Waals surface area contributed by atoms with E-state index in [9.17, 15) is 13.2 Å². The van der Waals surface area contributed by atoms with Crippen LogP contribution in [0.4, 0.5) is 0 Å². The summed E-state index contributed by atoms with van der Waals surface area (Å²) in [5.41, 5.74) is 0.929. The SMILES string of the molecule is CN(CCC(=O)O)S(=O)(=O)NCCc1cnn(C)c1. The lowest BCUT2D eigenvalue weighted by atomic mass is 10.3. The van der Waals surface area contributed by atoms with Gasteiger partial charge in [0.2, 0.25) is 0 Å². The molecule has 0 unspecified atom stereocenters. The normalized spacial score (nSPS) is 11.9. The van der Waals surface area contributed by atoms with Gasteiger partial charge in [-0.25, -0.2) is 4.72 Å². The Hall–Kier alpha value is -1.45. The fourth-order valence-electron chi connectivity index (χ4n) is 1.41. The van der Waals surface area contributed by atoms with Crippen LogP contribution in [0.25, 0.3) is 0 Å². The number of hydrogen-bond donors (Lipinski definition) is 2. The van der Waals surface area contributed by atoms with Crippen LogP contribution in [0.2, 0.25) is 0 Å². The Kier molecular flexibility index (Phi) is 5.45. The highest BCUT2D eigenvalue weighted by Gasteiger charge is 2.17. The van der Waals surface area contributed by atoms with Gasteiger partial charge < -0.3 is 5.11 Å². The van der Waals surface area contributed by atoms with E-state index in [4.69, 9.17) is 5.11 Å². The molecular weight excluding hydrogens is 272 g/mol. The second-order valence-corrected chi connectivity index (χ2v) is 6.00. The number of carboxylic acids is 1. The molecule has 1 aromatic heterocycles. The number of aromatic nitrogens is 2. The highest BCUT2D eigenvalue weighted by molar-refractivity contribution is 7.87. The minimum absolute atomic E-state index is 0.0580. The number of aliphatic carboxylic acids is 1. The summed E-state index contributed by atoms with van der Waals surface area (Å²) in [6.45, 7) is 0.184. The summed E-state index contributed by atoms with van der Waals surface area (Å²) in [4.78, 5) is 10.4.